The van der Waals surface area contributed by atoms with E-state index in [4.69, 9.17) is 4.42 Å². The van der Waals surface area contributed by atoms with Crippen LogP contribution in [0.4, 0.5) is 4.39 Å². The summed E-state index contributed by atoms with van der Waals surface area (Å²) in [6.07, 6.45) is 8.95. The number of pyridine rings is 1. The monoisotopic (exact) mass is 443 g/mol. The van der Waals surface area contributed by atoms with Gasteiger partial charge in [-0.05, 0) is 86.4 Å². The van der Waals surface area contributed by atoms with E-state index in [1.54, 1.807) is 18.3 Å². The highest BCUT2D eigenvalue weighted by Gasteiger charge is 2.28. The number of carbonyl (C=O) groups excluding carboxylic acids is 1. The van der Waals surface area contributed by atoms with Crippen molar-refractivity contribution >= 4 is 16.8 Å². The molecule has 5 rings (SSSR count). The Kier molecular flexibility index (Phi) is 5.90. The molecule has 2 aromatic carbocycles. The summed E-state index contributed by atoms with van der Waals surface area (Å²) in [6.45, 7) is 2.09. The summed E-state index contributed by atoms with van der Waals surface area (Å²) in [5.41, 5.74) is 3.54. The number of amides is 1. The number of rotatable bonds is 5. The van der Waals surface area contributed by atoms with E-state index in [0.717, 1.165) is 42.1 Å². The molecule has 0 spiro atoms. The number of nitrogens with zero attached hydrogens (tertiary/aromatic N) is 2. The highest BCUT2D eigenvalue weighted by molar-refractivity contribution is 5.94. The van der Waals surface area contributed by atoms with Gasteiger partial charge in [0.1, 0.15) is 5.82 Å². The third kappa shape index (κ3) is 4.51. The Labute approximate surface area is 192 Å². The molecule has 0 aliphatic heterocycles. The Morgan fingerprint density at radius 3 is 2.61 bits per heavy atom. The lowest BCUT2D eigenvalue weighted by atomic mass is 9.75. The van der Waals surface area contributed by atoms with Gasteiger partial charge in [-0.2, -0.15) is 0 Å². The maximum atomic E-state index is 13.8. The smallest absolute Gasteiger partial charge is 0.251 e. The lowest BCUT2D eigenvalue weighted by molar-refractivity contribution is 0.0918. The van der Waals surface area contributed by atoms with Gasteiger partial charge < -0.3 is 9.73 Å². The fourth-order valence-corrected chi connectivity index (χ4v) is 4.98. The van der Waals surface area contributed by atoms with Crippen molar-refractivity contribution in [3.63, 3.8) is 0 Å². The third-order valence-corrected chi connectivity index (χ3v) is 6.88. The molecule has 0 unspecified atom stereocenters. The van der Waals surface area contributed by atoms with Crippen molar-refractivity contribution in [3.05, 3.63) is 84.3 Å². The van der Waals surface area contributed by atoms with Crippen LogP contribution in [0.5, 0.6) is 0 Å². The first-order valence-corrected chi connectivity index (χ1v) is 11.4. The average Bonchev–Trinajstić information content (AvgIpc) is 3.39. The molecule has 2 aromatic heterocycles. The molecule has 6 heteroatoms. The van der Waals surface area contributed by atoms with Crippen molar-refractivity contribution < 1.29 is 13.6 Å². The summed E-state index contributed by atoms with van der Waals surface area (Å²) >= 11 is 0. The summed E-state index contributed by atoms with van der Waals surface area (Å²) in [5.74, 6) is 1.19. The van der Waals surface area contributed by atoms with Gasteiger partial charge in [0.2, 0.25) is 0 Å². The first kappa shape index (κ1) is 21.3. The number of hydrogen-bond donors (Lipinski definition) is 1. The molecule has 1 aliphatic carbocycles. The lowest BCUT2D eigenvalue weighted by Crippen LogP contribution is -2.39. The number of halogens is 1. The first-order chi connectivity index (χ1) is 16.1. The highest BCUT2D eigenvalue weighted by Crippen LogP contribution is 2.39. The normalized spacial score (nSPS) is 19.3. The van der Waals surface area contributed by atoms with Gasteiger partial charge in [-0.1, -0.05) is 12.1 Å². The number of fused-ring (bicyclic) bond motifs is 1. The van der Waals surface area contributed by atoms with Crippen molar-refractivity contribution in [1.29, 1.82) is 0 Å². The molecule has 1 saturated carbocycles. The fourth-order valence-electron chi connectivity index (χ4n) is 4.98. The second-order valence-corrected chi connectivity index (χ2v) is 8.88. The Balaban J connectivity index is 1.20. The van der Waals surface area contributed by atoms with E-state index < -0.39 is 0 Å². The van der Waals surface area contributed by atoms with Gasteiger partial charge in [0.05, 0.1) is 11.7 Å². The van der Waals surface area contributed by atoms with Crippen LogP contribution in [0.1, 0.15) is 54.4 Å². The molecule has 1 N–H and O–H groups in total. The molecular weight excluding hydrogens is 417 g/mol. The standard InChI is InChI=1S/C27H26FN3O2/c1-17(31-27(32)21-8-6-20(7-9-21)26-15-29-16-33-26)18-2-4-19(5-3-18)23-12-13-30-25-11-10-22(28)14-24(23)25/h6-19H,2-5H2,1H3,(H,31,32)/t17-,18?,19?/m1/s1. The largest absolute Gasteiger partial charge is 0.444 e. The van der Waals surface area contributed by atoms with Crippen LogP contribution in [-0.2, 0) is 0 Å². The molecule has 4 aromatic rings. The van der Waals surface area contributed by atoms with Crippen LogP contribution in [0.3, 0.4) is 0 Å². The second-order valence-electron chi connectivity index (χ2n) is 8.88. The van der Waals surface area contributed by atoms with Gasteiger partial charge in [0.25, 0.3) is 5.91 Å². The van der Waals surface area contributed by atoms with E-state index in [1.165, 1.54) is 18.0 Å². The SMILES string of the molecule is C[C@@H](NC(=O)c1ccc(-c2cnco2)cc1)C1CCC(c2ccnc3ccc(F)cc23)CC1. The van der Waals surface area contributed by atoms with E-state index in [1.807, 2.05) is 36.5 Å². The van der Waals surface area contributed by atoms with E-state index in [2.05, 4.69) is 22.2 Å². The number of nitrogens with one attached hydrogen (secondary N) is 1. The first-order valence-electron chi connectivity index (χ1n) is 11.4. The zero-order valence-electron chi connectivity index (χ0n) is 18.5. The van der Waals surface area contributed by atoms with Crippen LogP contribution in [-0.4, -0.2) is 21.9 Å². The van der Waals surface area contributed by atoms with Gasteiger partial charge in [-0.25, -0.2) is 9.37 Å². The molecule has 0 saturated heterocycles. The van der Waals surface area contributed by atoms with E-state index >= 15 is 0 Å². The molecule has 1 amide bonds. The van der Waals surface area contributed by atoms with Crippen LogP contribution >= 0.6 is 0 Å². The number of aromatic nitrogens is 2. The summed E-state index contributed by atoms with van der Waals surface area (Å²) < 4.78 is 19.1. The summed E-state index contributed by atoms with van der Waals surface area (Å²) in [5, 5.41) is 4.09. The Hall–Kier alpha value is -3.54. The van der Waals surface area contributed by atoms with Gasteiger partial charge in [-0.3, -0.25) is 9.78 Å². The molecule has 0 radical (unpaired) electrons. The maximum Gasteiger partial charge on any atom is 0.251 e. The number of hydrogen-bond acceptors (Lipinski definition) is 4. The molecule has 168 valence electrons. The number of oxazole rings is 1. The quantitative estimate of drug-likeness (QED) is 0.403. The summed E-state index contributed by atoms with van der Waals surface area (Å²) in [4.78, 5) is 21.1. The molecule has 1 aliphatic rings. The van der Waals surface area contributed by atoms with Crippen molar-refractivity contribution in [3.8, 4) is 11.3 Å². The van der Waals surface area contributed by atoms with Gasteiger partial charge >= 0.3 is 0 Å². The molecular formula is C27H26FN3O2. The minimum atomic E-state index is -0.226. The minimum absolute atomic E-state index is 0.0654. The minimum Gasteiger partial charge on any atom is -0.444 e. The topological polar surface area (TPSA) is 68.0 Å². The Bertz CT molecular complexity index is 1250. The predicted octanol–water partition coefficient (Wildman–Crippen LogP) is 6.12. The molecule has 5 nitrogen and oxygen atoms in total. The van der Waals surface area contributed by atoms with Crippen molar-refractivity contribution in [2.75, 3.05) is 0 Å². The predicted molar refractivity (Wildman–Crippen MR) is 125 cm³/mol. The highest BCUT2D eigenvalue weighted by atomic mass is 19.1. The fraction of sp³-hybridized carbons (Fsp3) is 0.296. The van der Waals surface area contributed by atoms with Crippen LogP contribution in [0.25, 0.3) is 22.2 Å². The van der Waals surface area contributed by atoms with Crippen molar-refractivity contribution in [1.82, 2.24) is 15.3 Å². The molecule has 33 heavy (non-hydrogen) atoms. The van der Waals surface area contributed by atoms with E-state index in [9.17, 15) is 9.18 Å². The molecule has 2 heterocycles. The summed E-state index contributed by atoms with van der Waals surface area (Å²) in [6, 6.07) is 14.3. The zero-order valence-corrected chi connectivity index (χ0v) is 18.5. The average molecular weight is 444 g/mol. The molecule has 0 bridgehead atoms. The van der Waals surface area contributed by atoms with Crippen LogP contribution < -0.4 is 5.32 Å². The third-order valence-electron chi connectivity index (χ3n) is 6.88. The summed E-state index contributed by atoms with van der Waals surface area (Å²) in [7, 11) is 0. The van der Waals surface area contributed by atoms with Crippen LogP contribution in [0, 0.1) is 11.7 Å². The zero-order chi connectivity index (χ0) is 22.8. The Morgan fingerprint density at radius 1 is 1.09 bits per heavy atom. The van der Waals surface area contributed by atoms with Crippen LogP contribution in [0.15, 0.2) is 71.7 Å². The Morgan fingerprint density at radius 2 is 1.88 bits per heavy atom. The number of carbonyl (C=O) groups is 1. The second kappa shape index (κ2) is 9.14. The van der Waals surface area contributed by atoms with Gasteiger partial charge in [0, 0.05) is 28.8 Å². The number of benzene rings is 2. The van der Waals surface area contributed by atoms with Crippen molar-refractivity contribution in [2.45, 2.75) is 44.6 Å². The van der Waals surface area contributed by atoms with Gasteiger partial charge in [0.15, 0.2) is 12.2 Å². The van der Waals surface area contributed by atoms with Crippen LogP contribution in [0.2, 0.25) is 0 Å². The molecule has 1 fully saturated rings. The van der Waals surface area contributed by atoms with E-state index in [0.29, 0.717) is 23.2 Å². The maximum absolute atomic E-state index is 13.8. The van der Waals surface area contributed by atoms with Gasteiger partial charge in [-0.15, -0.1) is 0 Å². The lowest BCUT2D eigenvalue weighted by Gasteiger charge is -2.33. The van der Waals surface area contributed by atoms with E-state index in [-0.39, 0.29) is 17.8 Å². The molecule has 1 atom stereocenters. The van der Waals surface area contributed by atoms with Crippen molar-refractivity contribution in [2.24, 2.45) is 5.92 Å².